The van der Waals surface area contributed by atoms with Crippen molar-refractivity contribution >= 4 is 7.72 Å². The maximum absolute atomic E-state index is 5.41. The predicted molar refractivity (Wildman–Crippen MR) is 61.3 cm³/mol. The van der Waals surface area contributed by atoms with Gasteiger partial charge in [0, 0.05) is 20.4 Å². The van der Waals surface area contributed by atoms with Gasteiger partial charge in [0.05, 0.1) is 0 Å². The van der Waals surface area contributed by atoms with E-state index in [0.717, 1.165) is 6.16 Å². The van der Waals surface area contributed by atoms with Crippen molar-refractivity contribution in [1.82, 2.24) is 0 Å². The Labute approximate surface area is 86.1 Å². The Hall–Kier alpha value is -0.690. The minimum absolute atomic E-state index is 0.782. The molecule has 0 saturated carbocycles. The highest BCUT2D eigenvalue weighted by atomic mass is 31.2. The number of hydrogen-bond acceptors (Lipinski definition) is 2. The van der Waals surface area contributed by atoms with Crippen molar-refractivity contribution in [1.29, 1.82) is 0 Å². The molecule has 3 heteroatoms. The van der Waals surface area contributed by atoms with Crippen LogP contribution in [0.1, 0.15) is 5.56 Å². The van der Waals surface area contributed by atoms with Gasteiger partial charge in [-0.2, -0.15) is 0 Å². The van der Waals surface area contributed by atoms with Crippen molar-refractivity contribution in [2.45, 2.75) is 6.16 Å². The molecule has 0 heterocycles. The molecule has 2 nitrogen and oxygen atoms in total. The summed E-state index contributed by atoms with van der Waals surface area (Å²) in [7, 11) is 1.44. The largest absolute Gasteiger partial charge is 0.340 e. The van der Waals surface area contributed by atoms with Gasteiger partial charge in [-0.05, 0) is 11.4 Å². The Morgan fingerprint density at radius 3 is 2.21 bits per heavy atom. The standard InChI is InChI=1S/C11H16O2P/c1-4-14(12-2,13-3)10-11-8-6-5-7-9-11/h4-9H,1,10H2,2-3H3. The van der Waals surface area contributed by atoms with Crippen LogP contribution in [0.5, 0.6) is 0 Å². The number of rotatable bonds is 5. The highest BCUT2D eigenvalue weighted by molar-refractivity contribution is 7.68. The van der Waals surface area contributed by atoms with Crippen LogP contribution < -0.4 is 0 Å². The number of benzene rings is 1. The van der Waals surface area contributed by atoms with Crippen LogP contribution in [0.4, 0.5) is 0 Å². The molecule has 1 radical (unpaired) electrons. The smallest absolute Gasteiger partial charge is 0.127 e. The fraction of sp³-hybridized carbons (Fsp3) is 0.273. The average molecular weight is 211 g/mol. The summed E-state index contributed by atoms with van der Waals surface area (Å²) >= 11 is 0. The van der Waals surface area contributed by atoms with E-state index < -0.39 is 7.72 Å². The third-order valence-corrected chi connectivity index (χ3v) is 4.74. The molecule has 0 fully saturated rings. The summed E-state index contributed by atoms with van der Waals surface area (Å²) in [5.74, 6) is 1.79. The van der Waals surface area contributed by atoms with Crippen LogP contribution in [0.25, 0.3) is 0 Å². The van der Waals surface area contributed by atoms with Gasteiger partial charge in [0.2, 0.25) is 0 Å². The van der Waals surface area contributed by atoms with Gasteiger partial charge >= 0.3 is 0 Å². The number of hydrogen-bond donors (Lipinski definition) is 0. The van der Waals surface area contributed by atoms with E-state index in [0.29, 0.717) is 0 Å². The van der Waals surface area contributed by atoms with Gasteiger partial charge in [0.1, 0.15) is 7.72 Å². The lowest BCUT2D eigenvalue weighted by molar-refractivity contribution is 0.324. The maximum Gasteiger partial charge on any atom is 0.127 e. The molecular weight excluding hydrogens is 195 g/mol. The summed E-state index contributed by atoms with van der Waals surface area (Å²) in [6.07, 6.45) is 0.782. The van der Waals surface area contributed by atoms with Crippen molar-refractivity contribution < 1.29 is 9.05 Å². The SMILES string of the molecule is C=C[P](Cc1ccccc1)(OC)OC. The first-order chi connectivity index (χ1) is 6.76. The zero-order chi connectivity index (χ0) is 10.4. The Bertz CT molecular complexity index is 281. The molecule has 0 bridgehead atoms. The third-order valence-electron chi connectivity index (χ3n) is 2.14. The van der Waals surface area contributed by atoms with Gasteiger partial charge in [0.25, 0.3) is 0 Å². The summed E-state index contributed by atoms with van der Waals surface area (Å²) < 4.78 is 10.8. The highest BCUT2D eigenvalue weighted by Crippen LogP contribution is 2.63. The van der Waals surface area contributed by atoms with E-state index in [1.807, 2.05) is 18.2 Å². The Balaban J connectivity index is 2.79. The summed E-state index contributed by atoms with van der Waals surface area (Å²) in [6.45, 7) is 3.77. The first-order valence-corrected chi connectivity index (χ1v) is 6.31. The van der Waals surface area contributed by atoms with E-state index in [4.69, 9.17) is 9.05 Å². The molecule has 0 atom stereocenters. The van der Waals surface area contributed by atoms with Crippen LogP contribution in [0.15, 0.2) is 42.7 Å². The normalized spacial score (nSPS) is 11.3. The molecule has 1 aromatic rings. The first kappa shape index (κ1) is 11.4. The van der Waals surface area contributed by atoms with Gasteiger partial charge in [-0.1, -0.05) is 36.9 Å². The summed E-state index contributed by atoms with van der Waals surface area (Å²) in [5, 5.41) is 0. The van der Waals surface area contributed by atoms with Crippen molar-refractivity contribution in [3.8, 4) is 0 Å². The van der Waals surface area contributed by atoms with E-state index in [2.05, 4.69) is 18.7 Å². The van der Waals surface area contributed by atoms with Crippen molar-refractivity contribution in [3.63, 3.8) is 0 Å². The molecule has 0 spiro atoms. The van der Waals surface area contributed by atoms with E-state index >= 15 is 0 Å². The quantitative estimate of drug-likeness (QED) is 0.694. The van der Waals surface area contributed by atoms with Crippen molar-refractivity contribution in [3.05, 3.63) is 48.3 Å². The van der Waals surface area contributed by atoms with E-state index in [9.17, 15) is 0 Å². The van der Waals surface area contributed by atoms with Crippen LogP contribution in [0.3, 0.4) is 0 Å². The summed E-state index contributed by atoms with van der Waals surface area (Å²) in [4.78, 5) is 0. The molecule has 0 unspecified atom stereocenters. The van der Waals surface area contributed by atoms with E-state index in [-0.39, 0.29) is 0 Å². The molecule has 0 aliphatic rings. The third kappa shape index (κ3) is 2.65. The fourth-order valence-corrected chi connectivity index (χ4v) is 2.81. The second kappa shape index (κ2) is 5.26. The first-order valence-electron chi connectivity index (χ1n) is 4.43. The minimum Gasteiger partial charge on any atom is -0.340 e. The van der Waals surface area contributed by atoms with E-state index in [1.54, 1.807) is 20.0 Å². The Morgan fingerprint density at radius 2 is 1.79 bits per heavy atom. The minimum atomic E-state index is -1.90. The second-order valence-electron chi connectivity index (χ2n) is 2.92. The Morgan fingerprint density at radius 1 is 1.21 bits per heavy atom. The molecule has 0 aromatic heterocycles. The summed E-state index contributed by atoms with van der Waals surface area (Å²) in [5.41, 5.74) is 1.21. The zero-order valence-corrected chi connectivity index (χ0v) is 9.54. The molecule has 0 aliphatic carbocycles. The molecule has 1 aromatic carbocycles. The van der Waals surface area contributed by atoms with Gasteiger partial charge in [-0.25, -0.2) is 0 Å². The zero-order valence-electron chi connectivity index (χ0n) is 8.64. The van der Waals surface area contributed by atoms with Gasteiger partial charge in [-0.3, -0.25) is 0 Å². The molecule has 14 heavy (non-hydrogen) atoms. The van der Waals surface area contributed by atoms with Crippen LogP contribution in [0, 0.1) is 0 Å². The van der Waals surface area contributed by atoms with Crippen LogP contribution >= 0.6 is 7.72 Å². The molecule has 0 amide bonds. The van der Waals surface area contributed by atoms with Gasteiger partial charge in [-0.15, -0.1) is 0 Å². The van der Waals surface area contributed by atoms with Gasteiger partial charge in [0.15, 0.2) is 0 Å². The van der Waals surface area contributed by atoms with Crippen molar-refractivity contribution in [2.24, 2.45) is 0 Å². The molecule has 1 rings (SSSR count). The van der Waals surface area contributed by atoms with Crippen molar-refractivity contribution in [2.75, 3.05) is 14.2 Å². The van der Waals surface area contributed by atoms with E-state index in [1.165, 1.54) is 5.56 Å². The van der Waals surface area contributed by atoms with Gasteiger partial charge < -0.3 is 9.05 Å². The van der Waals surface area contributed by atoms with Crippen LogP contribution in [-0.2, 0) is 15.2 Å². The fourth-order valence-electron chi connectivity index (χ4n) is 1.26. The summed E-state index contributed by atoms with van der Waals surface area (Å²) in [6, 6.07) is 10.2. The molecule has 77 valence electrons. The molecular formula is C11H16O2P. The monoisotopic (exact) mass is 211 g/mol. The molecule has 0 aliphatic heterocycles. The molecule has 0 saturated heterocycles. The lowest BCUT2D eigenvalue weighted by atomic mass is 10.2. The maximum atomic E-state index is 5.41. The predicted octanol–water partition coefficient (Wildman–Crippen LogP) is 3.47. The second-order valence-corrected chi connectivity index (χ2v) is 5.78. The van der Waals surface area contributed by atoms with Crippen LogP contribution in [-0.4, -0.2) is 14.2 Å². The highest BCUT2D eigenvalue weighted by Gasteiger charge is 2.23. The molecule has 0 N–H and O–H groups in total. The van der Waals surface area contributed by atoms with Crippen LogP contribution in [0.2, 0.25) is 0 Å². The lowest BCUT2D eigenvalue weighted by Crippen LogP contribution is -1.98. The topological polar surface area (TPSA) is 18.5 Å². The lowest BCUT2D eigenvalue weighted by Gasteiger charge is -2.28. The average Bonchev–Trinajstić information content (AvgIpc) is 2.28. The Kier molecular flexibility index (Phi) is 4.27.